The molecule has 1 aromatic heterocycles. The molecular formula is C23H29N3O3S. The van der Waals surface area contributed by atoms with Crippen molar-refractivity contribution in [3.8, 4) is 5.75 Å². The SMILES string of the molecule is CC[C@H](Cc1ccsc1)Nc1c(NC[C@H](Cc2ccc(O)cc2)N(C)C)c(=O)c1=O. The van der Waals surface area contributed by atoms with Crippen molar-refractivity contribution < 1.29 is 5.11 Å². The first kappa shape index (κ1) is 22.1. The maximum Gasteiger partial charge on any atom is 0.253 e. The number of hydrogen-bond acceptors (Lipinski definition) is 7. The first-order valence-electron chi connectivity index (χ1n) is 10.2. The smallest absolute Gasteiger partial charge is 0.253 e. The highest BCUT2D eigenvalue weighted by Crippen LogP contribution is 2.20. The van der Waals surface area contributed by atoms with Gasteiger partial charge in [-0.05, 0) is 73.4 Å². The predicted octanol–water partition coefficient (Wildman–Crippen LogP) is 3.07. The van der Waals surface area contributed by atoms with Gasteiger partial charge in [0.25, 0.3) is 10.9 Å². The standard InChI is InChI=1S/C23H29N3O3S/c1-4-17(11-16-9-10-30-14-16)25-21-20(22(28)23(21)29)24-13-18(26(2)3)12-15-5-7-19(27)8-6-15/h5-10,14,17-18,24-25,27H,4,11-13H2,1-3H3/t17-,18+/m1/s1. The van der Waals surface area contributed by atoms with Crippen LogP contribution < -0.4 is 21.5 Å². The first-order valence-corrected chi connectivity index (χ1v) is 11.1. The summed E-state index contributed by atoms with van der Waals surface area (Å²) in [4.78, 5) is 26.5. The lowest BCUT2D eigenvalue weighted by Gasteiger charge is -2.27. The fourth-order valence-electron chi connectivity index (χ4n) is 3.45. The molecule has 0 fully saturated rings. The summed E-state index contributed by atoms with van der Waals surface area (Å²) in [6, 6.07) is 9.45. The molecule has 7 heteroatoms. The van der Waals surface area contributed by atoms with Gasteiger partial charge in [-0.2, -0.15) is 11.3 Å². The van der Waals surface area contributed by atoms with Crippen molar-refractivity contribution in [2.45, 2.75) is 38.3 Å². The molecule has 0 aliphatic rings. The van der Waals surface area contributed by atoms with Crippen LogP contribution in [0.3, 0.4) is 0 Å². The highest BCUT2D eigenvalue weighted by atomic mass is 32.1. The molecule has 3 rings (SSSR count). The molecule has 160 valence electrons. The largest absolute Gasteiger partial charge is 0.508 e. The number of nitrogens with zero attached hydrogens (tertiary/aromatic N) is 1. The first-order chi connectivity index (χ1) is 14.4. The number of phenols is 1. The number of thiophene rings is 1. The third kappa shape index (κ3) is 5.29. The van der Waals surface area contributed by atoms with Gasteiger partial charge in [0, 0.05) is 18.6 Å². The topological polar surface area (TPSA) is 81.7 Å². The van der Waals surface area contributed by atoms with Crippen LogP contribution in [-0.2, 0) is 12.8 Å². The summed E-state index contributed by atoms with van der Waals surface area (Å²) in [5, 5.41) is 20.1. The minimum atomic E-state index is -0.454. The Bertz CT molecular complexity index is 1010. The van der Waals surface area contributed by atoms with Crippen molar-refractivity contribution in [1.29, 1.82) is 0 Å². The van der Waals surface area contributed by atoms with Crippen LogP contribution in [0.15, 0.2) is 50.7 Å². The summed E-state index contributed by atoms with van der Waals surface area (Å²) < 4.78 is 0. The van der Waals surface area contributed by atoms with E-state index in [1.807, 2.05) is 31.6 Å². The molecule has 0 saturated heterocycles. The van der Waals surface area contributed by atoms with Crippen LogP contribution in [0.2, 0.25) is 0 Å². The average Bonchev–Trinajstić information content (AvgIpc) is 3.25. The van der Waals surface area contributed by atoms with E-state index in [1.165, 1.54) is 5.56 Å². The Kier molecular flexibility index (Phi) is 7.29. The minimum absolute atomic E-state index is 0.102. The van der Waals surface area contributed by atoms with Gasteiger partial charge in [0.05, 0.1) is 0 Å². The molecular weight excluding hydrogens is 398 g/mol. The molecule has 0 spiro atoms. The maximum absolute atomic E-state index is 12.2. The monoisotopic (exact) mass is 427 g/mol. The molecule has 1 heterocycles. The predicted molar refractivity (Wildman–Crippen MR) is 125 cm³/mol. The fraction of sp³-hybridized carbons (Fsp3) is 0.391. The van der Waals surface area contributed by atoms with Gasteiger partial charge >= 0.3 is 0 Å². The van der Waals surface area contributed by atoms with Gasteiger partial charge in [-0.15, -0.1) is 0 Å². The summed E-state index contributed by atoms with van der Waals surface area (Å²) in [6.45, 7) is 2.61. The number of hydrogen-bond donors (Lipinski definition) is 3. The summed E-state index contributed by atoms with van der Waals surface area (Å²) in [5.41, 5.74) is 2.23. The summed E-state index contributed by atoms with van der Waals surface area (Å²) in [6.07, 6.45) is 2.43. The molecule has 0 unspecified atom stereocenters. The Hall–Kier alpha value is -2.64. The summed E-state index contributed by atoms with van der Waals surface area (Å²) >= 11 is 1.66. The van der Waals surface area contributed by atoms with Crippen molar-refractivity contribution in [3.05, 3.63) is 72.7 Å². The molecule has 0 radical (unpaired) electrons. The van der Waals surface area contributed by atoms with Gasteiger partial charge in [0.1, 0.15) is 17.1 Å². The van der Waals surface area contributed by atoms with E-state index in [1.54, 1.807) is 23.5 Å². The fourth-order valence-corrected chi connectivity index (χ4v) is 4.14. The van der Waals surface area contributed by atoms with E-state index in [-0.39, 0.29) is 17.8 Å². The van der Waals surface area contributed by atoms with E-state index in [2.05, 4.69) is 33.9 Å². The number of rotatable bonds is 11. The number of anilines is 2. The quantitative estimate of drug-likeness (QED) is 0.408. The highest BCUT2D eigenvalue weighted by molar-refractivity contribution is 7.07. The summed E-state index contributed by atoms with van der Waals surface area (Å²) in [5.74, 6) is 0.241. The lowest BCUT2D eigenvalue weighted by atomic mass is 10.0. The Morgan fingerprint density at radius 2 is 1.70 bits per heavy atom. The van der Waals surface area contributed by atoms with E-state index < -0.39 is 10.9 Å². The van der Waals surface area contributed by atoms with Gasteiger partial charge < -0.3 is 20.6 Å². The zero-order chi connectivity index (χ0) is 21.7. The van der Waals surface area contributed by atoms with Gasteiger partial charge in [-0.25, -0.2) is 0 Å². The van der Waals surface area contributed by atoms with Crippen molar-refractivity contribution in [1.82, 2.24) is 4.90 Å². The second-order valence-electron chi connectivity index (χ2n) is 7.86. The number of nitrogens with one attached hydrogen (secondary N) is 2. The van der Waals surface area contributed by atoms with Crippen LogP contribution in [0.5, 0.6) is 5.75 Å². The van der Waals surface area contributed by atoms with Gasteiger partial charge in [-0.3, -0.25) is 9.59 Å². The Balaban J connectivity index is 1.65. The van der Waals surface area contributed by atoms with Gasteiger partial charge in [-0.1, -0.05) is 19.1 Å². The lowest BCUT2D eigenvalue weighted by molar-refractivity contribution is 0.303. The molecule has 0 aliphatic heterocycles. The third-order valence-electron chi connectivity index (χ3n) is 5.47. The van der Waals surface area contributed by atoms with Gasteiger partial charge in [0.2, 0.25) is 0 Å². The van der Waals surface area contributed by atoms with E-state index >= 15 is 0 Å². The molecule has 6 nitrogen and oxygen atoms in total. The van der Waals surface area contributed by atoms with Crippen molar-refractivity contribution >= 4 is 22.7 Å². The Morgan fingerprint density at radius 1 is 1.00 bits per heavy atom. The molecule has 0 amide bonds. The van der Waals surface area contributed by atoms with Crippen LogP contribution in [0.25, 0.3) is 0 Å². The Morgan fingerprint density at radius 3 is 2.30 bits per heavy atom. The van der Waals surface area contributed by atoms with Crippen LogP contribution >= 0.6 is 11.3 Å². The zero-order valence-electron chi connectivity index (χ0n) is 17.6. The van der Waals surface area contributed by atoms with Crippen molar-refractivity contribution in [3.63, 3.8) is 0 Å². The zero-order valence-corrected chi connectivity index (χ0v) is 18.5. The maximum atomic E-state index is 12.2. The van der Waals surface area contributed by atoms with E-state index in [4.69, 9.17) is 0 Å². The average molecular weight is 428 g/mol. The molecule has 30 heavy (non-hydrogen) atoms. The molecule has 3 aromatic rings. The van der Waals surface area contributed by atoms with Crippen molar-refractivity contribution in [2.24, 2.45) is 0 Å². The van der Waals surface area contributed by atoms with Crippen LogP contribution in [0.4, 0.5) is 11.4 Å². The lowest BCUT2D eigenvalue weighted by Crippen LogP contribution is -2.43. The highest BCUT2D eigenvalue weighted by Gasteiger charge is 2.24. The summed E-state index contributed by atoms with van der Waals surface area (Å²) in [7, 11) is 3.98. The van der Waals surface area contributed by atoms with Crippen LogP contribution in [0.1, 0.15) is 24.5 Å². The van der Waals surface area contributed by atoms with Crippen molar-refractivity contribution in [2.75, 3.05) is 31.3 Å². The van der Waals surface area contributed by atoms with Crippen LogP contribution in [-0.4, -0.2) is 42.7 Å². The van der Waals surface area contributed by atoms with Crippen LogP contribution in [0, 0.1) is 0 Å². The van der Waals surface area contributed by atoms with E-state index in [0.717, 1.165) is 24.8 Å². The van der Waals surface area contributed by atoms with E-state index in [0.29, 0.717) is 17.9 Å². The second-order valence-corrected chi connectivity index (χ2v) is 8.64. The number of aromatic hydroxyl groups is 1. The molecule has 0 aliphatic carbocycles. The second kappa shape index (κ2) is 9.91. The molecule has 2 aromatic carbocycles. The Labute approximate surface area is 180 Å². The molecule has 0 saturated carbocycles. The minimum Gasteiger partial charge on any atom is -0.508 e. The normalized spacial score (nSPS) is 13.5. The van der Waals surface area contributed by atoms with E-state index in [9.17, 15) is 14.7 Å². The number of likely N-dealkylation sites (N-methyl/N-ethyl adjacent to an activating group) is 1. The molecule has 0 bridgehead atoms. The number of benzene rings is 1. The number of phenolic OH excluding ortho intramolecular Hbond substituents is 1. The molecule has 3 N–H and O–H groups in total. The van der Waals surface area contributed by atoms with Gasteiger partial charge in [0.15, 0.2) is 0 Å². The molecule has 2 atom stereocenters. The third-order valence-corrected chi connectivity index (χ3v) is 6.20.